The number of thiazole rings is 1. The normalized spacial score (nSPS) is 11.5. The zero-order valence-corrected chi connectivity index (χ0v) is 15.0. The van der Waals surface area contributed by atoms with Crippen LogP contribution in [0.5, 0.6) is 0 Å². The first kappa shape index (κ1) is 17.5. The number of rotatable bonds is 7. The fraction of sp³-hybridized carbons (Fsp3) is 0.444. The number of guanidine groups is 1. The van der Waals surface area contributed by atoms with Gasteiger partial charge in [0.2, 0.25) is 0 Å². The van der Waals surface area contributed by atoms with Crippen molar-refractivity contribution in [2.45, 2.75) is 39.7 Å². The predicted molar refractivity (Wildman–Crippen MR) is 99.2 cm³/mol. The molecular weight excluding hydrogens is 304 g/mol. The van der Waals surface area contributed by atoms with E-state index in [0.29, 0.717) is 0 Å². The van der Waals surface area contributed by atoms with E-state index < -0.39 is 0 Å². The van der Waals surface area contributed by atoms with Gasteiger partial charge in [0.1, 0.15) is 0 Å². The highest BCUT2D eigenvalue weighted by atomic mass is 32.1. The standard InChI is InChI=1S/C18H26N4S/c1-14-7-9-16(10-8-14)12-21-18(19-3)20-11-5-4-6-17-22-15(2)13-23-17/h7-10,13H,4-6,11-12H2,1-3H3,(H2,19,20,21). The Balaban J connectivity index is 1.62. The van der Waals surface area contributed by atoms with Crippen LogP contribution in [0.25, 0.3) is 0 Å². The molecule has 23 heavy (non-hydrogen) atoms. The minimum Gasteiger partial charge on any atom is -0.356 e. The number of aryl methyl sites for hydroxylation is 3. The quantitative estimate of drug-likeness (QED) is 0.464. The number of unbranched alkanes of at least 4 members (excludes halogenated alkanes) is 1. The summed E-state index contributed by atoms with van der Waals surface area (Å²) in [5, 5.41) is 10.1. The van der Waals surface area contributed by atoms with Crippen LogP contribution in [0, 0.1) is 13.8 Å². The van der Waals surface area contributed by atoms with Crippen molar-refractivity contribution < 1.29 is 0 Å². The molecule has 0 radical (unpaired) electrons. The summed E-state index contributed by atoms with van der Waals surface area (Å²) in [6.07, 6.45) is 3.33. The summed E-state index contributed by atoms with van der Waals surface area (Å²) in [7, 11) is 1.81. The van der Waals surface area contributed by atoms with Crippen molar-refractivity contribution in [3.05, 3.63) is 51.5 Å². The van der Waals surface area contributed by atoms with Crippen molar-refractivity contribution in [3.63, 3.8) is 0 Å². The smallest absolute Gasteiger partial charge is 0.191 e. The number of nitrogens with zero attached hydrogens (tertiary/aromatic N) is 2. The van der Waals surface area contributed by atoms with E-state index in [0.717, 1.165) is 44.0 Å². The van der Waals surface area contributed by atoms with Crippen LogP contribution in [0.4, 0.5) is 0 Å². The van der Waals surface area contributed by atoms with Gasteiger partial charge in [-0.25, -0.2) is 4.98 Å². The van der Waals surface area contributed by atoms with Gasteiger partial charge in [-0.3, -0.25) is 4.99 Å². The Morgan fingerprint density at radius 1 is 1.13 bits per heavy atom. The zero-order chi connectivity index (χ0) is 16.5. The maximum atomic E-state index is 4.49. The van der Waals surface area contributed by atoms with Gasteiger partial charge in [-0.2, -0.15) is 0 Å². The summed E-state index contributed by atoms with van der Waals surface area (Å²) in [4.78, 5) is 8.75. The van der Waals surface area contributed by atoms with E-state index in [1.807, 2.05) is 14.0 Å². The molecular formula is C18H26N4S. The topological polar surface area (TPSA) is 49.3 Å². The van der Waals surface area contributed by atoms with Crippen LogP contribution >= 0.6 is 11.3 Å². The average Bonchev–Trinajstić information content (AvgIpc) is 2.97. The predicted octanol–water partition coefficient (Wildman–Crippen LogP) is 3.45. The SMILES string of the molecule is CN=C(NCCCCc1nc(C)cs1)NCc1ccc(C)cc1. The van der Waals surface area contributed by atoms with E-state index in [4.69, 9.17) is 0 Å². The van der Waals surface area contributed by atoms with Gasteiger partial charge in [-0.05, 0) is 38.7 Å². The molecule has 0 unspecified atom stereocenters. The van der Waals surface area contributed by atoms with E-state index in [1.165, 1.54) is 16.1 Å². The van der Waals surface area contributed by atoms with Crippen molar-refractivity contribution in [3.8, 4) is 0 Å². The lowest BCUT2D eigenvalue weighted by Gasteiger charge is -2.12. The third-order valence-corrected chi connectivity index (χ3v) is 4.61. The molecule has 0 aliphatic carbocycles. The number of hydrogen-bond donors (Lipinski definition) is 2. The summed E-state index contributed by atoms with van der Waals surface area (Å²) >= 11 is 1.76. The van der Waals surface area contributed by atoms with E-state index in [-0.39, 0.29) is 0 Å². The van der Waals surface area contributed by atoms with Crippen molar-refractivity contribution in [1.29, 1.82) is 0 Å². The van der Waals surface area contributed by atoms with Gasteiger partial charge >= 0.3 is 0 Å². The molecule has 0 saturated carbocycles. The minimum absolute atomic E-state index is 0.790. The second-order valence-corrected chi connectivity index (χ2v) is 6.62. The Labute approximate surface area is 143 Å². The van der Waals surface area contributed by atoms with E-state index in [2.05, 4.69) is 57.2 Å². The number of aliphatic imine (C=N–C) groups is 1. The van der Waals surface area contributed by atoms with E-state index in [9.17, 15) is 0 Å². The molecule has 0 amide bonds. The molecule has 0 aliphatic heterocycles. The molecule has 0 saturated heterocycles. The number of aromatic nitrogens is 1. The molecule has 0 fully saturated rings. The Kier molecular flexibility index (Phi) is 7.07. The van der Waals surface area contributed by atoms with Crippen LogP contribution in [0.15, 0.2) is 34.6 Å². The first-order valence-corrected chi connectivity index (χ1v) is 8.96. The monoisotopic (exact) mass is 330 g/mol. The molecule has 124 valence electrons. The van der Waals surface area contributed by atoms with Gasteiger partial charge in [-0.15, -0.1) is 11.3 Å². The maximum absolute atomic E-state index is 4.49. The van der Waals surface area contributed by atoms with Crippen LogP contribution in [-0.4, -0.2) is 24.5 Å². The van der Waals surface area contributed by atoms with Crippen LogP contribution in [-0.2, 0) is 13.0 Å². The molecule has 0 atom stereocenters. The fourth-order valence-corrected chi connectivity index (χ4v) is 3.06. The largest absolute Gasteiger partial charge is 0.356 e. The first-order valence-electron chi connectivity index (χ1n) is 8.08. The molecule has 1 aromatic carbocycles. The Morgan fingerprint density at radius 3 is 2.57 bits per heavy atom. The van der Waals surface area contributed by atoms with Gasteiger partial charge in [-0.1, -0.05) is 29.8 Å². The Morgan fingerprint density at radius 2 is 1.91 bits per heavy atom. The van der Waals surface area contributed by atoms with E-state index >= 15 is 0 Å². The van der Waals surface area contributed by atoms with Crippen molar-refractivity contribution in [2.75, 3.05) is 13.6 Å². The highest BCUT2D eigenvalue weighted by Crippen LogP contribution is 2.11. The van der Waals surface area contributed by atoms with Gasteiger partial charge in [0, 0.05) is 31.2 Å². The molecule has 2 N–H and O–H groups in total. The molecule has 2 rings (SSSR count). The van der Waals surface area contributed by atoms with Crippen LogP contribution in [0.3, 0.4) is 0 Å². The van der Waals surface area contributed by atoms with Crippen molar-refractivity contribution >= 4 is 17.3 Å². The first-order chi connectivity index (χ1) is 11.2. The van der Waals surface area contributed by atoms with Gasteiger partial charge in [0.25, 0.3) is 0 Å². The van der Waals surface area contributed by atoms with Gasteiger partial charge < -0.3 is 10.6 Å². The second kappa shape index (κ2) is 9.30. The number of nitrogens with one attached hydrogen (secondary N) is 2. The van der Waals surface area contributed by atoms with Crippen molar-refractivity contribution in [2.24, 2.45) is 4.99 Å². The molecule has 4 nitrogen and oxygen atoms in total. The average molecular weight is 331 g/mol. The lowest BCUT2D eigenvalue weighted by atomic mass is 10.1. The highest BCUT2D eigenvalue weighted by Gasteiger charge is 2.00. The van der Waals surface area contributed by atoms with Crippen molar-refractivity contribution in [1.82, 2.24) is 15.6 Å². The van der Waals surface area contributed by atoms with Gasteiger partial charge in [0.15, 0.2) is 5.96 Å². The molecule has 0 spiro atoms. The third kappa shape index (κ3) is 6.40. The Hall–Kier alpha value is -1.88. The summed E-state index contributed by atoms with van der Waals surface area (Å²) in [5.74, 6) is 0.857. The number of hydrogen-bond acceptors (Lipinski definition) is 3. The van der Waals surface area contributed by atoms with E-state index in [1.54, 1.807) is 11.3 Å². The maximum Gasteiger partial charge on any atom is 0.191 e. The molecule has 2 aromatic rings. The van der Waals surface area contributed by atoms with Gasteiger partial charge in [0.05, 0.1) is 5.01 Å². The number of benzene rings is 1. The van der Waals surface area contributed by atoms with Crippen LogP contribution in [0.1, 0.15) is 34.7 Å². The lowest BCUT2D eigenvalue weighted by Crippen LogP contribution is -2.37. The highest BCUT2D eigenvalue weighted by molar-refractivity contribution is 7.09. The zero-order valence-electron chi connectivity index (χ0n) is 14.2. The second-order valence-electron chi connectivity index (χ2n) is 5.68. The fourth-order valence-electron chi connectivity index (χ4n) is 2.24. The minimum atomic E-state index is 0.790. The molecule has 1 aromatic heterocycles. The Bertz CT molecular complexity index is 616. The molecule has 5 heteroatoms. The summed E-state index contributed by atoms with van der Waals surface area (Å²) in [6, 6.07) is 8.55. The molecule has 1 heterocycles. The molecule has 0 bridgehead atoms. The van der Waals surface area contributed by atoms with Crippen LogP contribution in [0.2, 0.25) is 0 Å². The van der Waals surface area contributed by atoms with Crippen LogP contribution < -0.4 is 10.6 Å². The summed E-state index contributed by atoms with van der Waals surface area (Å²) in [5.41, 5.74) is 3.67. The summed E-state index contributed by atoms with van der Waals surface area (Å²) < 4.78 is 0. The molecule has 0 aliphatic rings. The third-order valence-electron chi connectivity index (χ3n) is 3.58. The lowest BCUT2D eigenvalue weighted by molar-refractivity contribution is 0.692. The summed E-state index contributed by atoms with van der Waals surface area (Å²) in [6.45, 7) is 5.87.